The van der Waals surface area contributed by atoms with Crippen molar-refractivity contribution < 1.29 is 9.59 Å². The number of hydrogen-bond acceptors (Lipinski definition) is 4. The molecule has 1 aromatic carbocycles. The van der Waals surface area contributed by atoms with Gasteiger partial charge in [-0.3, -0.25) is 19.4 Å². The zero-order valence-corrected chi connectivity index (χ0v) is 14.1. The van der Waals surface area contributed by atoms with Gasteiger partial charge in [0.25, 0.3) is 5.78 Å². The Morgan fingerprint density at radius 2 is 1.96 bits per heavy atom. The number of nitrogens with zero attached hydrogens (tertiary/aromatic N) is 2. The minimum atomic E-state index is -0.387. The number of fused-ring (bicyclic) bond motifs is 2. The van der Waals surface area contributed by atoms with Gasteiger partial charge in [0.1, 0.15) is 0 Å². The molecule has 24 heavy (non-hydrogen) atoms. The summed E-state index contributed by atoms with van der Waals surface area (Å²) in [7, 11) is 0. The van der Waals surface area contributed by atoms with E-state index in [1.165, 1.54) is 23.3 Å². The van der Waals surface area contributed by atoms with E-state index in [2.05, 4.69) is 16.3 Å². The van der Waals surface area contributed by atoms with Crippen LogP contribution < -0.4 is 4.90 Å². The Labute approximate surface area is 144 Å². The first kappa shape index (κ1) is 14.4. The number of rotatable bonds is 3. The highest BCUT2D eigenvalue weighted by Crippen LogP contribution is 2.48. The number of Topliss-reactive ketones (excluding diaryl/α,β-unsaturated/α-hetero) is 1. The minimum absolute atomic E-state index is 0.373. The predicted octanol–water partition coefficient (Wildman–Crippen LogP) is 3.24. The van der Waals surface area contributed by atoms with Crippen LogP contribution in [0.15, 0.2) is 35.7 Å². The van der Waals surface area contributed by atoms with Crippen LogP contribution in [0.1, 0.15) is 39.7 Å². The summed E-state index contributed by atoms with van der Waals surface area (Å²) in [5.41, 5.74) is 2.75. The molecule has 1 amide bonds. The molecule has 5 rings (SSSR count). The maximum atomic E-state index is 12.5. The van der Waals surface area contributed by atoms with Gasteiger partial charge in [-0.25, -0.2) is 0 Å². The van der Waals surface area contributed by atoms with Gasteiger partial charge in [-0.15, -0.1) is 11.3 Å². The van der Waals surface area contributed by atoms with Crippen LogP contribution in [0, 0.1) is 5.92 Å². The highest BCUT2D eigenvalue weighted by Gasteiger charge is 2.43. The molecule has 0 N–H and O–H groups in total. The Morgan fingerprint density at radius 3 is 2.79 bits per heavy atom. The Balaban J connectivity index is 1.48. The standard InChI is InChI=1S/C19H18N2O2S/c22-18-13-3-1-2-4-15(13)21(19(18)23)11-20-9-7-16-14(8-10-24-16)17(20)12-5-6-12/h1-4,8,10,12,17H,5-7,9,11H2/t17-/m0/s1. The van der Waals surface area contributed by atoms with E-state index < -0.39 is 0 Å². The number of hydrogen-bond donors (Lipinski definition) is 0. The molecule has 1 fully saturated rings. The second-order valence-electron chi connectivity index (χ2n) is 6.86. The molecule has 0 spiro atoms. The molecule has 3 heterocycles. The summed E-state index contributed by atoms with van der Waals surface area (Å²) >= 11 is 1.85. The fourth-order valence-corrected chi connectivity index (χ4v) is 5.00. The van der Waals surface area contributed by atoms with Gasteiger partial charge in [0, 0.05) is 17.5 Å². The Hall–Kier alpha value is -1.98. The average molecular weight is 338 g/mol. The van der Waals surface area contributed by atoms with Crippen LogP contribution in [0.3, 0.4) is 0 Å². The van der Waals surface area contributed by atoms with Crippen molar-refractivity contribution in [2.45, 2.75) is 25.3 Å². The first-order valence-corrected chi connectivity index (χ1v) is 9.37. The Kier molecular flexibility index (Phi) is 3.15. The molecule has 1 atom stereocenters. The number of amides is 1. The monoisotopic (exact) mass is 338 g/mol. The van der Waals surface area contributed by atoms with Gasteiger partial charge in [-0.1, -0.05) is 12.1 Å². The minimum Gasteiger partial charge on any atom is -0.291 e. The van der Waals surface area contributed by atoms with Gasteiger partial charge in [-0.05, 0) is 54.3 Å². The van der Waals surface area contributed by atoms with Crippen LogP contribution in [0.25, 0.3) is 0 Å². The highest BCUT2D eigenvalue weighted by atomic mass is 32.1. The fourth-order valence-electron chi connectivity index (χ4n) is 4.09. The molecule has 2 aromatic rings. The lowest BCUT2D eigenvalue weighted by Gasteiger charge is -2.38. The Morgan fingerprint density at radius 1 is 1.12 bits per heavy atom. The van der Waals surface area contributed by atoms with Crippen molar-refractivity contribution in [3.63, 3.8) is 0 Å². The Bertz CT molecular complexity index is 839. The molecule has 122 valence electrons. The van der Waals surface area contributed by atoms with Crippen molar-refractivity contribution in [3.8, 4) is 0 Å². The summed E-state index contributed by atoms with van der Waals surface area (Å²) in [6, 6.07) is 9.99. The zero-order chi connectivity index (χ0) is 16.3. The van der Waals surface area contributed by atoms with Crippen LogP contribution in [0.5, 0.6) is 0 Å². The molecule has 1 saturated carbocycles. The molecule has 0 bridgehead atoms. The summed E-state index contributed by atoms with van der Waals surface area (Å²) in [6.07, 6.45) is 3.56. The highest BCUT2D eigenvalue weighted by molar-refractivity contribution is 7.10. The number of anilines is 1. The van der Waals surface area contributed by atoms with Gasteiger partial charge in [0.05, 0.1) is 17.9 Å². The smallest absolute Gasteiger partial charge is 0.291 e. The number of carbonyl (C=O) groups is 2. The van der Waals surface area contributed by atoms with Gasteiger partial charge in [0.2, 0.25) is 0 Å². The van der Waals surface area contributed by atoms with Gasteiger partial charge in [-0.2, -0.15) is 0 Å². The maximum Gasteiger partial charge on any atom is 0.300 e. The van der Waals surface area contributed by atoms with Crippen molar-refractivity contribution in [1.29, 1.82) is 0 Å². The van der Waals surface area contributed by atoms with E-state index in [1.54, 1.807) is 11.0 Å². The van der Waals surface area contributed by atoms with Gasteiger partial charge in [0.15, 0.2) is 0 Å². The average Bonchev–Trinajstić information content (AvgIpc) is 3.28. The van der Waals surface area contributed by atoms with Crippen LogP contribution >= 0.6 is 11.3 Å². The van der Waals surface area contributed by atoms with E-state index in [-0.39, 0.29) is 11.7 Å². The third-order valence-corrected chi connectivity index (χ3v) is 6.38. The molecule has 2 aliphatic heterocycles. The van der Waals surface area contributed by atoms with Gasteiger partial charge >= 0.3 is 5.91 Å². The summed E-state index contributed by atoms with van der Waals surface area (Å²) in [6.45, 7) is 1.47. The van der Waals surface area contributed by atoms with Crippen molar-refractivity contribution in [2.75, 3.05) is 18.1 Å². The lowest BCUT2D eigenvalue weighted by molar-refractivity contribution is -0.114. The van der Waals surface area contributed by atoms with E-state index in [4.69, 9.17) is 0 Å². The van der Waals surface area contributed by atoms with Crippen LogP contribution in [0.2, 0.25) is 0 Å². The summed E-state index contributed by atoms with van der Waals surface area (Å²) < 4.78 is 0. The first-order valence-electron chi connectivity index (χ1n) is 8.49. The third kappa shape index (κ3) is 2.08. The lowest BCUT2D eigenvalue weighted by Crippen LogP contribution is -2.45. The van der Waals surface area contributed by atoms with E-state index in [0.717, 1.165) is 18.7 Å². The van der Waals surface area contributed by atoms with Crippen LogP contribution in [0.4, 0.5) is 5.69 Å². The molecular formula is C19H18N2O2S. The number of benzene rings is 1. The second-order valence-corrected chi connectivity index (χ2v) is 7.87. The quantitative estimate of drug-likeness (QED) is 0.807. The third-order valence-electron chi connectivity index (χ3n) is 5.39. The molecule has 3 aliphatic rings. The van der Waals surface area contributed by atoms with Gasteiger partial charge < -0.3 is 0 Å². The summed E-state index contributed by atoms with van der Waals surface area (Å²) in [5.74, 6) is -0.0639. The van der Waals surface area contributed by atoms with E-state index in [1.807, 2.05) is 29.5 Å². The van der Waals surface area contributed by atoms with Crippen molar-refractivity contribution in [2.24, 2.45) is 5.92 Å². The largest absolute Gasteiger partial charge is 0.300 e. The normalized spacial score (nSPS) is 23.5. The molecule has 0 saturated heterocycles. The summed E-state index contributed by atoms with van der Waals surface area (Å²) in [5, 5.41) is 2.18. The van der Waals surface area contributed by atoms with Crippen LogP contribution in [-0.4, -0.2) is 29.8 Å². The molecule has 1 aliphatic carbocycles. The topological polar surface area (TPSA) is 40.6 Å². The molecule has 5 heteroatoms. The molecule has 0 unspecified atom stereocenters. The number of thiophene rings is 1. The molecular weight excluding hydrogens is 320 g/mol. The van der Waals surface area contributed by atoms with Crippen molar-refractivity contribution >= 4 is 28.7 Å². The van der Waals surface area contributed by atoms with Crippen molar-refractivity contribution in [1.82, 2.24) is 4.90 Å². The van der Waals surface area contributed by atoms with E-state index in [0.29, 0.717) is 24.2 Å². The van der Waals surface area contributed by atoms with Crippen LogP contribution in [-0.2, 0) is 11.2 Å². The van der Waals surface area contributed by atoms with E-state index in [9.17, 15) is 9.59 Å². The molecule has 1 aromatic heterocycles. The first-order chi connectivity index (χ1) is 11.7. The fraction of sp³-hybridized carbons (Fsp3) is 0.368. The zero-order valence-electron chi connectivity index (χ0n) is 13.3. The number of carbonyl (C=O) groups excluding carboxylic acids is 2. The second kappa shape index (κ2) is 5.26. The predicted molar refractivity (Wildman–Crippen MR) is 93.3 cm³/mol. The number of para-hydroxylation sites is 1. The summed E-state index contributed by atoms with van der Waals surface area (Å²) in [4.78, 5) is 30.3. The molecule has 4 nitrogen and oxygen atoms in total. The molecule has 0 radical (unpaired) electrons. The lowest BCUT2D eigenvalue weighted by atomic mass is 9.96. The SMILES string of the molecule is O=C1C(=O)N(CN2CCc3sccc3[C@@H]2C2CC2)c2ccccc21. The number of ketones is 1. The maximum absolute atomic E-state index is 12.5. The van der Waals surface area contributed by atoms with Crippen molar-refractivity contribution in [3.05, 3.63) is 51.7 Å². The van der Waals surface area contributed by atoms with E-state index >= 15 is 0 Å².